The lowest BCUT2D eigenvalue weighted by atomic mass is 10.2. The molecule has 0 heterocycles. The van der Waals surface area contributed by atoms with Crippen LogP contribution in [0.5, 0.6) is 0 Å². The first kappa shape index (κ1) is 11.8. The third-order valence-corrected chi connectivity index (χ3v) is 3.45. The van der Waals surface area contributed by atoms with E-state index < -0.39 is 10.0 Å². The second-order valence-corrected chi connectivity index (χ2v) is 5.51. The smallest absolute Gasteiger partial charge is 0.232 e. The minimum atomic E-state index is -3.21. The van der Waals surface area contributed by atoms with Crippen LogP contribution in [-0.4, -0.2) is 28.8 Å². The molecule has 0 saturated carbocycles. The largest absolute Gasteiger partial charge is 0.386 e. The second kappa shape index (κ2) is 4.10. The number of rotatable bonds is 3. The van der Waals surface area contributed by atoms with Crippen LogP contribution in [0.4, 0.5) is 11.4 Å². The molecule has 0 spiro atoms. The van der Waals surface area contributed by atoms with Gasteiger partial charge in [0.05, 0.1) is 17.6 Å². The van der Waals surface area contributed by atoms with E-state index in [0.717, 1.165) is 11.3 Å². The molecular weight excluding hydrogens is 212 g/mol. The maximum atomic E-state index is 11.4. The Morgan fingerprint density at radius 1 is 1.33 bits per heavy atom. The lowest BCUT2D eigenvalue weighted by Crippen LogP contribution is -2.25. The molecule has 0 amide bonds. The van der Waals surface area contributed by atoms with Gasteiger partial charge >= 0.3 is 0 Å². The number of hydrogen-bond donors (Lipinski definition) is 1. The number of benzene rings is 1. The van der Waals surface area contributed by atoms with Gasteiger partial charge in [-0.2, -0.15) is 0 Å². The van der Waals surface area contributed by atoms with Gasteiger partial charge in [-0.05, 0) is 24.6 Å². The molecule has 15 heavy (non-hydrogen) atoms. The molecule has 0 bridgehead atoms. The Hall–Kier alpha value is -1.23. The van der Waals surface area contributed by atoms with Gasteiger partial charge in [-0.3, -0.25) is 4.31 Å². The van der Waals surface area contributed by atoms with Gasteiger partial charge in [-0.15, -0.1) is 0 Å². The lowest BCUT2D eigenvalue weighted by molar-refractivity contribution is 0.600. The van der Waals surface area contributed by atoms with E-state index >= 15 is 0 Å². The van der Waals surface area contributed by atoms with Gasteiger partial charge in [0.1, 0.15) is 0 Å². The maximum Gasteiger partial charge on any atom is 0.232 e. The Balaban J connectivity index is 3.29. The summed E-state index contributed by atoms with van der Waals surface area (Å²) in [5.74, 6) is 0. The highest BCUT2D eigenvalue weighted by molar-refractivity contribution is 7.92. The van der Waals surface area contributed by atoms with E-state index in [2.05, 4.69) is 5.32 Å². The monoisotopic (exact) mass is 228 g/mol. The molecule has 0 aromatic heterocycles. The molecule has 4 nitrogen and oxygen atoms in total. The van der Waals surface area contributed by atoms with Crippen LogP contribution >= 0.6 is 0 Å². The van der Waals surface area contributed by atoms with Crippen molar-refractivity contribution < 1.29 is 8.42 Å². The minimum Gasteiger partial charge on any atom is -0.386 e. The van der Waals surface area contributed by atoms with Gasteiger partial charge in [-0.1, -0.05) is 6.07 Å². The SMILES string of the molecule is CNc1ccc(C)cc1N(C)S(C)(=O)=O. The highest BCUT2D eigenvalue weighted by Crippen LogP contribution is 2.27. The van der Waals surface area contributed by atoms with E-state index in [-0.39, 0.29) is 0 Å². The zero-order valence-corrected chi connectivity index (χ0v) is 10.2. The molecule has 1 aromatic carbocycles. The number of aryl methyl sites for hydroxylation is 1. The number of nitrogens with one attached hydrogen (secondary N) is 1. The zero-order chi connectivity index (χ0) is 11.6. The normalized spacial score (nSPS) is 11.2. The predicted octanol–water partition coefficient (Wildman–Crippen LogP) is 1.43. The first-order valence-corrected chi connectivity index (χ1v) is 6.43. The summed E-state index contributed by atoms with van der Waals surface area (Å²) in [5.41, 5.74) is 2.49. The number of hydrogen-bond acceptors (Lipinski definition) is 3. The van der Waals surface area contributed by atoms with Crippen molar-refractivity contribution in [2.45, 2.75) is 6.92 Å². The van der Waals surface area contributed by atoms with Crippen molar-refractivity contribution in [2.75, 3.05) is 30.0 Å². The molecule has 0 saturated heterocycles. The molecule has 0 unspecified atom stereocenters. The summed E-state index contributed by atoms with van der Waals surface area (Å²) in [5, 5.41) is 2.97. The Morgan fingerprint density at radius 3 is 2.40 bits per heavy atom. The Morgan fingerprint density at radius 2 is 1.93 bits per heavy atom. The van der Waals surface area contributed by atoms with Gasteiger partial charge in [0.15, 0.2) is 0 Å². The van der Waals surface area contributed by atoms with Crippen molar-refractivity contribution in [3.05, 3.63) is 23.8 Å². The summed E-state index contributed by atoms with van der Waals surface area (Å²) < 4.78 is 24.1. The van der Waals surface area contributed by atoms with Crippen LogP contribution in [0.2, 0.25) is 0 Å². The molecule has 1 N–H and O–H groups in total. The van der Waals surface area contributed by atoms with Crippen molar-refractivity contribution in [1.82, 2.24) is 0 Å². The van der Waals surface area contributed by atoms with E-state index in [1.54, 1.807) is 14.1 Å². The van der Waals surface area contributed by atoms with Crippen LogP contribution in [0.15, 0.2) is 18.2 Å². The summed E-state index contributed by atoms with van der Waals surface area (Å²) in [6.45, 7) is 1.93. The van der Waals surface area contributed by atoms with E-state index in [1.807, 2.05) is 25.1 Å². The van der Waals surface area contributed by atoms with Gasteiger partial charge < -0.3 is 5.32 Å². The minimum absolute atomic E-state index is 0.667. The third kappa shape index (κ3) is 2.62. The van der Waals surface area contributed by atoms with Gasteiger partial charge in [0.25, 0.3) is 0 Å². The summed E-state index contributed by atoms with van der Waals surface area (Å²) in [6, 6.07) is 5.64. The van der Waals surface area contributed by atoms with Crippen LogP contribution in [0, 0.1) is 6.92 Å². The zero-order valence-electron chi connectivity index (χ0n) is 9.40. The van der Waals surface area contributed by atoms with E-state index in [1.165, 1.54) is 10.6 Å². The van der Waals surface area contributed by atoms with Crippen molar-refractivity contribution in [3.63, 3.8) is 0 Å². The standard InChI is InChI=1S/C10H16N2O2S/c1-8-5-6-9(11-2)10(7-8)12(3)15(4,13)14/h5-7,11H,1-4H3. The molecular formula is C10H16N2O2S. The van der Waals surface area contributed by atoms with Crippen LogP contribution in [-0.2, 0) is 10.0 Å². The highest BCUT2D eigenvalue weighted by atomic mass is 32.2. The molecule has 1 aromatic rings. The van der Waals surface area contributed by atoms with Gasteiger partial charge in [0.2, 0.25) is 10.0 Å². The van der Waals surface area contributed by atoms with Crippen LogP contribution in [0.1, 0.15) is 5.56 Å². The number of sulfonamides is 1. The van der Waals surface area contributed by atoms with E-state index in [0.29, 0.717) is 5.69 Å². The fourth-order valence-electron chi connectivity index (χ4n) is 1.29. The van der Waals surface area contributed by atoms with Crippen molar-refractivity contribution in [2.24, 2.45) is 0 Å². The molecule has 1 rings (SSSR count). The van der Waals surface area contributed by atoms with E-state index in [4.69, 9.17) is 0 Å². The molecule has 0 fully saturated rings. The molecule has 0 aliphatic heterocycles. The number of anilines is 2. The van der Waals surface area contributed by atoms with Crippen LogP contribution < -0.4 is 9.62 Å². The maximum absolute atomic E-state index is 11.4. The van der Waals surface area contributed by atoms with E-state index in [9.17, 15) is 8.42 Å². The van der Waals surface area contributed by atoms with Gasteiger partial charge in [-0.25, -0.2) is 8.42 Å². The van der Waals surface area contributed by atoms with Crippen LogP contribution in [0.25, 0.3) is 0 Å². The van der Waals surface area contributed by atoms with Gasteiger partial charge in [0, 0.05) is 14.1 Å². The molecule has 84 valence electrons. The number of nitrogens with zero attached hydrogens (tertiary/aromatic N) is 1. The first-order chi connectivity index (χ1) is 6.86. The topological polar surface area (TPSA) is 49.4 Å². The summed E-state index contributed by atoms with van der Waals surface area (Å²) in [6.07, 6.45) is 1.19. The molecule has 5 heteroatoms. The first-order valence-electron chi connectivity index (χ1n) is 4.58. The summed E-state index contributed by atoms with van der Waals surface area (Å²) in [4.78, 5) is 0. The van der Waals surface area contributed by atoms with Crippen molar-refractivity contribution in [3.8, 4) is 0 Å². The fourth-order valence-corrected chi connectivity index (χ4v) is 1.80. The predicted molar refractivity (Wildman–Crippen MR) is 64.0 cm³/mol. The molecule has 0 aliphatic carbocycles. The Labute approximate surface area is 91.0 Å². The summed E-state index contributed by atoms with van der Waals surface area (Å²) in [7, 11) is 0.103. The molecule has 0 aliphatic rings. The second-order valence-electron chi connectivity index (χ2n) is 3.50. The quantitative estimate of drug-likeness (QED) is 0.851. The third-order valence-electron chi connectivity index (χ3n) is 2.26. The van der Waals surface area contributed by atoms with Crippen molar-refractivity contribution in [1.29, 1.82) is 0 Å². The lowest BCUT2D eigenvalue weighted by Gasteiger charge is -2.20. The summed E-state index contributed by atoms with van der Waals surface area (Å²) >= 11 is 0. The molecule has 0 atom stereocenters. The molecule has 0 radical (unpaired) electrons. The average Bonchev–Trinajstić information content (AvgIpc) is 2.15. The average molecular weight is 228 g/mol. The fraction of sp³-hybridized carbons (Fsp3) is 0.400. The Kier molecular flexibility index (Phi) is 3.24. The highest BCUT2D eigenvalue weighted by Gasteiger charge is 2.15. The van der Waals surface area contributed by atoms with Crippen molar-refractivity contribution >= 4 is 21.4 Å². The Bertz CT molecular complexity index is 454. The van der Waals surface area contributed by atoms with Crippen LogP contribution in [0.3, 0.4) is 0 Å².